The molecule has 0 aliphatic carbocycles. The third-order valence-corrected chi connectivity index (χ3v) is 4.92. The van der Waals surface area contributed by atoms with Gasteiger partial charge in [-0.15, -0.1) is 0 Å². The fraction of sp³-hybridized carbons (Fsp3) is 0.409. The molecule has 1 N–H and O–H groups in total. The summed E-state index contributed by atoms with van der Waals surface area (Å²) >= 11 is 0. The second-order valence-electron chi connectivity index (χ2n) is 7.24. The van der Waals surface area contributed by atoms with Crippen LogP contribution in [0.5, 0.6) is 11.6 Å². The molecular weight excluding hydrogens is 406 g/mol. The van der Waals surface area contributed by atoms with Gasteiger partial charge in [-0.25, -0.2) is 13.8 Å². The van der Waals surface area contributed by atoms with Crippen LogP contribution in [0.3, 0.4) is 0 Å². The van der Waals surface area contributed by atoms with E-state index in [1.54, 1.807) is 32.5 Å². The highest BCUT2D eigenvalue weighted by molar-refractivity contribution is 5.77. The van der Waals surface area contributed by atoms with Crippen molar-refractivity contribution in [2.75, 3.05) is 20.3 Å². The van der Waals surface area contributed by atoms with Crippen LogP contribution >= 0.6 is 0 Å². The molecule has 1 unspecified atom stereocenters. The molecule has 2 atom stereocenters. The monoisotopic (exact) mass is 432 g/mol. The summed E-state index contributed by atoms with van der Waals surface area (Å²) in [5.41, 5.74) is 2.09. The van der Waals surface area contributed by atoms with Crippen molar-refractivity contribution in [1.29, 1.82) is 0 Å². The number of nitrogens with zero attached hydrogens (tertiary/aromatic N) is 4. The fourth-order valence-electron chi connectivity index (χ4n) is 3.12. The summed E-state index contributed by atoms with van der Waals surface area (Å²) in [6, 6.07) is 3.79. The Balaban J connectivity index is 1.70. The molecule has 31 heavy (non-hydrogen) atoms. The van der Waals surface area contributed by atoms with Crippen LogP contribution in [-0.2, 0) is 0 Å². The minimum absolute atomic E-state index is 0.155. The number of aryl methyl sites for hydroxylation is 1. The molecule has 3 heterocycles. The number of aliphatic hydroxyl groups excluding tert-OH is 1. The predicted octanol–water partition coefficient (Wildman–Crippen LogP) is 3.56. The molecule has 1 aliphatic heterocycles. The van der Waals surface area contributed by atoms with E-state index in [0.717, 1.165) is 5.69 Å². The lowest BCUT2D eigenvalue weighted by Crippen LogP contribution is -2.34. The topological polar surface area (TPSA) is 80.6 Å². The average molecular weight is 432 g/mol. The Kier molecular flexibility index (Phi) is 7.51. The maximum atomic E-state index is 12.8. The molecule has 166 valence electrons. The standard InChI is InChI=1S/C22H26F2N4O3/c1-14(19-6-5-17(30-3)10-26-19)8-9-31-22-18(11-25-15(2)27-22)16-4-7-21(29)28(12-16)13-20(23)24/h4-7,10-12,14,20-21,29H,8-9,13H2,1-3H3/t14-,21?/m1/s1. The molecular formula is C22H26F2N4O3. The number of halogens is 2. The van der Waals surface area contributed by atoms with Gasteiger partial charge in [-0.1, -0.05) is 13.0 Å². The predicted molar refractivity (Wildman–Crippen MR) is 112 cm³/mol. The van der Waals surface area contributed by atoms with Crippen LogP contribution in [0.1, 0.15) is 36.3 Å². The summed E-state index contributed by atoms with van der Waals surface area (Å²) < 4.78 is 36.7. The quantitative estimate of drug-likeness (QED) is 0.649. The lowest BCUT2D eigenvalue weighted by Gasteiger charge is -2.28. The third kappa shape index (κ3) is 5.97. The normalized spacial score (nSPS) is 16.9. The van der Waals surface area contributed by atoms with Crippen molar-refractivity contribution in [3.8, 4) is 11.6 Å². The lowest BCUT2D eigenvalue weighted by atomic mass is 10.0. The Bertz CT molecular complexity index is 935. The zero-order valence-electron chi connectivity index (χ0n) is 17.7. The van der Waals surface area contributed by atoms with Crippen molar-refractivity contribution >= 4 is 5.57 Å². The number of pyridine rings is 1. The summed E-state index contributed by atoms with van der Waals surface area (Å²) in [6.45, 7) is 3.61. The number of aromatic nitrogens is 3. The van der Waals surface area contributed by atoms with Gasteiger partial charge in [-0.3, -0.25) is 4.98 Å². The first-order valence-electron chi connectivity index (χ1n) is 9.96. The Morgan fingerprint density at radius 3 is 2.71 bits per heavy atom. The minimum atomic E-state index is -2.57. The number of ether oxygens (including phenoxy) is 2. The van der Waals surface area contributed by atoms with E-state index in [2.05, 4.69) is 21.9 Å². The molecule has 7 nitrogen and oxygen atoms in total. The molecule has 0 aromatic carbocycles. The number of rotatable bonds is 9. The molecule has 2 aromatic rings. The van der Waals surface area contributed by atoms with E-state index < -0.39 is 19.2 Å². The lowest BCUT2D eigenvalue weighted by molar-refractivity contribution is 0.0265. The summed E-state index contributed by atoms with van der Waals surface area (Å²) in [7, 11) is 1.60. The SMILES string of the molecule is COc1ccc([C@H](C)CCOc2nc(C)ncc2C2=CN(CC(F)F)C(O)C=C2)nc1. The van der Waals surface area contributed by atoms with Gasteiger partial charge in [0.25, 0.3) is 6.43 Å². The number of allylic oxidation sites excluding steroid dienone is 2. The molecule has 0 saturated carbocycles. The van der Waals surface area contributed by atoms with Crippen molar-refractivity contribution in [1.82, 2.24) is 19.9 Å². The molecule has 1 aliphatic rings. The summed E-state index contributed by atoms with van der Waals surface area (Å²) in [5.74, 6) is 1.76. The van der Waals surface area contributed by atoms with Crippen molar-refractivity contribution < 1.29 is 23.4 Å². The molecule has 0 fully saturated rings. The van der Waals surface area contributed by atoms with Crippen LogP contribution < -0.4 is 9.47 Å². The van der Waals surface area contributed by atoms with E-state index in [0.29, 0.717) is 41.6 Å². The highest BCUT2D eigenvalue weighted by Crippen LogP contribution is 2.29. The zero-order valence-corrected chi connectivity index (χ0v) is 17.7. The van der Waals surface area contributed by atoms with Crippen molar-refractivity contribution in [3.05, 3.63) is 60.0 Å². The Labute approximate surface area is 180 Å². The van der Waals surface area contributed by atoms with Crippen LogP contribution in [0, 0.1) is 6.92 Å². The zero-order chi connectivity index (χ0) is 22.4. The van der Waals surface area contributed by atoms with Gasteiger partial charge >= 0.3 is 0 Å². The van der Waals surface area contributed by atoms with Crippen molar-refractivity contribution in [3.63, 3.8) is 0 Å². The van der Waals surface area contributed by atoms with Gasteiger partial charge in [-0.05, 0) is 31.6 Å². The van der Waals surface area contributed by atoms with Gasteiger partial charge in [-0.2, -0.15) is 4.98 Å². The second kappa shape index (κ2) is 10.3. The molecule has 0 bridgehead atoms. The van der Waals surface area contributed by atoms with Gasteiger partial charge in [0.2, 0.25) is 5.88 Å². The summed E-state index contributed by atoms with van der Waals surface area (Å²) in [5, 5.41) is 9.92. The number of methoxy groups -OCH3 is 1. The smallest absolute Gasteiger partial charge is 0.255 e. The van der Waals surface area contributed by atoms with E-state index in [-0.39, 0.29) is 5.92 Å². The average Bonchev–Trinajstić information content (AvgIpc) is 2.75. The van der Waals surface area contributed by atoms with Crippen molar-refractivity contribution in [2.24, 2.45) is 0 Å². The van der Waals surface area contributed by atoms with Crippen LogP contribution in [0.4, 0.5) is 8.78 Å². The van der Waals surface area contributed by atoms with Crippen LogP contribution in [-0.4, -0.2) is 57.9 Å². The number of aliphatic hydroxyl groups is 1. The van der Waals surface area contributed by atoms with E-state index in [9.17, 15) is 13.9 Å². The maximum Gasteiger partial charge on any atom is 0.255 e. The Morgan fingerprint density at radius 1 is 1.23 bits per heavy atom. The molecule has 0 saturated heterocycles. The Morgan fingerprint density at radius 2 is 2.03 bits per heavy atom. The van der Waals surface area contributed by atoms with E-state index in [1.165, 1.54) is 17.2 Å². The fourth-order valence-corrected chi connectivity index (χ4v) is 3.12. The molecule has 9 heteroatoms. The maximum absolute atomic E-state index is 12.8. The Hall–Kier alpha value is -3.07. The highest BCUT2D eigenvalue weighted by atomic mass is 19.3. The van der Waals surface area contributed by atoms with E-state index in [1.807, 2.05) is 12.1 Å². The molecule has 2 aromatic heterocycles. The van der Waals surface area contributed by atoms with Gasteiger partial charge in [0, 0.05) is 29.6 Å². The van der Waals surface area contributed by atoms with E-state index in [4.69, 9.17) is 9.47 Å². The van der Waals surface area contributed by atoms with Gasteiger partial charge in [0.1, 0.15) is 17.8 Å². The van der Waals surface area contributed by atoms with Gasteiger partial charge in [0.15, 0.2) is 0 Å². The first kappa shape index (κ1) is 22.6. The molecule has 0 amide bonds. The first-order chi connectivity index (χ1) is 14.9. The van der Waals surface area contributed by atoms with Crippen LogP contribution in [0.2, 0.25) is 0 Å². The largest absolute Gasteiger partial charge is 0.495 e. The van der Waals surface area contributed by atoms with Crippen molar-refractivity contribution in [2.45, 2.75) is 38.8 Å². The van der Waals surface area contributed by atoms with E-state index >= 15 is 0 Å². The molecule has 0 radical (unpaired) electrons. The number of hydrogen-bond acceptors (Lipinski definition) is 7. The number of hydrogen-bond donors (Lipinski definition) is 1. The first-order valence-corrected chi connectivity index (χ1v) is 9.96. The van der Waals surface area contributed by atoms with Crippen LogP contribution in [0.25, 0.3) is 5.57 Å². The molecule has 0 spiro atoms. The second-order valence-corrected chi connectivity index (χ2v) is 7.24. The number of alkyl halides is 2. The third-order valence-electron chi connectivity index (χ3n) is 4.92. The van der Waals surface area contributed by atoms with Gasteiger partial charge < -0.3 is 19.5 Å². The molecule has 3 rings (SSSR count). The van der Waals surface area contributed by atoms with Crippen LogP contribution in [0.15, 0.2) is 42.9 Å². The highest BCUT2D eigenvalue weighted by Gasteiger charge is 2.21. The summed E-state index contributed by atoms with van der Waals surface area (Å²) in [6.07, 6.45) is 4.87. The minimum Gasteiger partial charge on any atom is -0.495 e. The van der Waals surface area contributed by atoms with Gasteiger partial charge in [0.05, 0.1) is 32.0 Å². The summed E-state index contributed by atoms with van der Waals surface area (Å²) in [4.78, 5) is 14.2.